The van der Waals surface area contributed by atoms with Gasteiger partial charge in [0.2, 0.25) is 0 Å². The Balaban J connectivity index is 1.91. The van der Waals surface area contributed by atoms with E-state index in [0.717, 1.165) is 23.1 Å². The first kappa shape index (κ1) is 30.9. The predicted molar refractivity (Wildman–Crippen MR) is 159 cm³/mol. The Kier molecular flexibility index (Phi) is 9.83. The second-order valence-corrected chi connectivity index (χ2v) is 12.2. The first-order valence-corrected chi connectivity index (χ1v) is 14.1. The van der Waals surface area contributed by atoms with Crippen molar-refractivity contribution >= 4 is 11.9 Å². The number of hydrogen-bond acceptors (Lipinski definition) is 5. The number of rotatable bonds is 12. The van der Waals surface area contributed by atoms with Crippen molar-refractivity contribution in [2.24, 2.45) is 10.8 Å². The van der Waals surface area contributed by atoms with Crippen LogP contribution in [0.2, 0.25) is 0 Å². The number of carbonyl (C=O) groups is 2. The largest absolute Gasteiger partial charge is 0.508 e. The number of phenols is 1. The molecule has 0 radical (unpaired) electrons. The Labute approximate surface area is 239 Å². The summed E-state index contributed by atoms with van der Waals surface area (Å²) in [6, 6.07) is 26.4. The zero-order valence-electron chi connectivity index (χ0n) is 24.9. The highest BCUT2D eigenvalue weighted by molar-refractivity contribution is 5.81. The Hall–Kier alpha value is -3.60. The molecule has 3 aromatic rings. The fraction of sp³-hybridized carbons (Fsp3) is 0.429. The van der Waals surface area contributed by atoms with Gasteiger partial charge in [-0.25, -0.2) is 0 Å². The quantitative estimate of drug-likeness (QED) is 0.232. The van der Waals surface area contributed by atoms with Gasteiger partial charge >= 0.3 is 11.9 Å². The van der Waals surface area contributed by atoms with Crippen molar-refractivity contribution in [3.05, 3.63) is 102 Å². The molecule has 0 aromatic heterocycles. The van der Waals surface area contributed by atoms with Crippen LogP contribution in [0.3, 0.4) is 0 Å². The van der Waals surface area contributed by atoms with Crippen LogP contribution < -0.4 is 0 Å². The Bertz CT molecular complexity index is 1250. The van der Waals surface area contributed by atoms with Crippen molar-refractivity contribution in [1.29, 1.82) is 0 Å². The van der Waals surface area contributed by atoms with Crippen LogP contribution in [0.15, 0.2) is 84.9 Å². The summed E-state index contributed by atoms with van der Waals surface area (Å²) in [4.78, 5) is 27.6. The Morgan fingerprint density at radius 3 is 1.88 bits per heavy atom. The van der Waals surface area contributed by atoms with E-state index in [1.54, 1.807) is 12.1 Å². The molecule has 0 saturated heterocycles. The van der Waals surface area contributed by atoms with Gasteiger partial charge in [0, 0.05) is 0 Å². The van der Waals surface area contributed by atoms with Crippen molar-refractivity contribution in [3.63, 3.8) is 0 Å². The van der Waals surface area contributed by atoms with E-state index in [2.05, 4.69) is 6.92 Å². The first-order valence-electron chi connectivity index (χ1n) is 14.1. The molecule has 40 heavy (non-hydrogen) atoms. The Morgan fingerprint density at radius 2 is 1.32 bits per heavy atom. The lowest BCUT2D eigenvalue weighted by Crippen LogP contribution is -2.42. The van der Waals surface area contributed by atoms with Crippen LogP contribution in [0.5, 0.6) is 5.75 Å². The standard InChI is InChI=1S/C35H44O5/c1-8-26(28-19-21-30(36)22-20-28)23-35(7,32(38)40-34(5,6)29-17-13-10-14-18-29)24-33(3,4)31(37)39-25(2)27-15-11-9-12-16-27/h9-22,25-26,36H,8,23-24H2,1-7H3. The minimum absolute atomic E-state index is 0.0213. The third-order valence-electron chi connectivity index (χ3n) is 7.80. The normalized spacial score (nSPS) is 15.0. The van der Waals surface area contributed by atoms with Crippen molar-refractivity contribution in [1.82, 2.24) is 0 Å². The molecule has 0 aliphatic carbocycles. The highest BCUT2D eigenvalue weighted by Gasteiger charge is 2.47. The molecule has 5 nitrogen and oxygen atoms in total. The van der Waals surface area contributed by atoms with Gasteiger partial charge in [0.15, 0.2) is 0 Å². The minimum atomic E-state index is -0.997. The molecule has 0 bridgehead atoms. The van der Waals surface area contributed by atoms with Gasteiger partial charge in [0.05, 0.1) is 10.8 Å². The molecule has 214 valence electrons. The lowest BCUT2D eigenvalue weighted by Gasteiger charge is -2.39. The molecule has 0 amide bonds. The SMILES string of the molecule is CCC(CC(C)(CC(C)(C)C(=O)OC(C)c1ccccc1)C(=O)OC(C)(C)c1ccccc1)c1ccc(O)cc1. The van der Waals surface area contributed by atoms with Crippen LogP contribution in [0.4, 0.5) is 0 Å². The predicted octanol–water partition coefficient (Wildman–Crippen LogP) is 8.48. The number of ether oxygens (including phenoxy) is 2. The van der Waals surface area contributed by atoms with E-state index in [1.165, 1.54) is 0 Å². The van der Waals surface area contributed by atoms with E-state index in [1.807, 2.05) is 114 Å². The second-order valence-electron chi connectivity index (χ2n) is 12.2. The summed E-state index contributed by atoms with van der Waals surface area (Å²) < 4.78 is 12.1. The van der Waals surface area contributed by atoms with Gasteiger partial charge in [-0.1, -0.05) is 79.7 Å². The average molecular weight is 545 g/mol. The molecule has 3 aromatic carbocycles. The molecule has 0 heterocycles. The zero-order chi connectivity index (χ0) is 29.6. The van der Waals surface area contributed by atoms with Crippen LogP contribution >= 0.6 is 0 Å². The van der Waals surface area contributed by atoms with Crippen LogP contribution in [-0.2, 0) is 24.7 Å². The van der Waals surface area contributed by atoms with Gasteiger partial charge in [-0.15, -0.1) is 0 Å². The van der Waals surface area contributed by atoms with Crippen LogP contribution in [0.25, 0.3) is 0 Å². The Morgan fingerprint density at radius 1 is 0.775 bits per heavy atom. The molecule has 0 aliphatic heterocycles. The smallest absolute Gasteiger partial charge is 0.312 e. The second kappa shape index (κ2) is 12.7. The van der Waals surface area contributed by atoms with Crippen molar-refractivity contribution < 1.29 is 24.2 Å². The molecular weight excluding hydrogens is 500 g/mol. The third kappa shape index (κ3) is 7.74. The highest BCUT2D eigenvalue weighted by atomic mass is 16.6. The average Bonchev–Trinajstić information content (AvgIpc) is 2.92. The number of carbonyl (C=O) groups excluding carboxylic acids is 2. The number of esters is 2. The van der Waals surface area contributed by atoms with E-state index in [4.69, 9.17) is 9.47 Å². The van der Waals surface area contributed by atoms with Crippen LogP contribution in [-0.4, -0.2) is 17.0 Å². The third-order valence-corrected chi connectivity index (χ3v) is 7.80. The van der Waals surface area contributed by atoms with Gasteiger partial charge in [0.1, 0.15) is 17.5 Å². The summed E-state index contributed by atoms with van der Waals surface area (Å²) in [5, 5.41) is 9.81. The van der Waals surface area contributed by atoms with E-state index in [-0.39, 0.29) is 30.0 Å². The van der Waals surface area contributed by atoms with Gasteiger partial charge in [0.25, 0.3) is 0 Å². The molecule has 0 fully saturated rings. The van der Waals surface area contributed by atoms with Gasteiger partial charge in [-0.3, -0.25) is 9.59 Å². The number of phenolic OH excluding ortho intramolecular Hbond substituents is 1. The summed E-state index contributed by atoms with van der Waals surface area (Å²) in [6.07, 6.45) is 1.09. The van der Waals surface area contributed by atoms with E-state index in [9.17, 15) is 14.7 Å². The summed E-state index contributed by atoms with van der Waals surface area (Å²) in [6.45, 7) is 13.3. The topological polar surface area (TPSA) is 72.8 Å². The highest BCUT2D eigenvalue weighted by Crippen LogP contribution is 2.45. The molecule has 0 saturated carbocycles. The molecule has 3 unspecified atom stereocenters. The maximum atomic E-state index is 14.1. The molecule has 3 rings (SSSR count). The maximum absolute atomic E-state index is 14.1. The molecule has 0 aliphatic rings. The monoisotopic (exact) mass is 544 g/mol. The summed E-state index contributed by atoms with van der Waals surface area (Å²) in [5.74, 6) is -0.492. The summed E-state index contributed by atoms with van der Waals surface area (Å²) in [7, 11) is 0. The van der Waals surface area contributed by atoms with Crippen molar-refractivity contribution in [3.8, 4) is 5.75 Å². The lowest BCUT2D eigenvalue weighted by atomic mass is 9.68. The van der Waals surface area contributed by atoms with E-state index in [0.29, 0.717) is 6.42 Å². The van der Waals surface area contributed by atoms with Crippen molar-refractivity contribution in [2.45, 2.75) is 85.4 Å². The fourth-order valence-electron chi connectivity index (χ4n) is 5.43. The lowest BCUT2D eigenvalue weighted by molar-refractivity contribution is -0.175. The van der Waals surface area contributed by atoms with E-state index < -0.39 is 22.5 Å². The summed E-state index contributed by atoms with van der Waals surface area (Å²) in [5.41, 5.74) is 0.0271. The maximum Gasteiger partial charge on any atom is 0.312 e. The first-order chi connectivity index (χ1) is 18.8. The van der Waals surface area contributed by atoms with Gasteiger partial charge < -0.3 is 14.6 Å². The molecule has 5 heteroatoms. The van der Waals surface area contributed by atoms with Crippen LogP contribution in [0, 0.1) is 10.8 Å². The minimum Gasteiger partial charge on any atom is -0.508 e. The number of hydrogen-bond donors (Lipinski definition) is 1. The molecule has 3 atom stereocenters. The van der Waals surface area contributed by atoms with Crippen molar-refractivity contribution in [2.75, 3.05) is 0 Å². The van der Waals surface area contributed by atoms with Gasteiger partial charge in [-0.2, -0.15) is 0 Å². The molecular formula is C35H44O5. The number of aromatic hydroxyl groups is 1. The van der Waals surface area contributed by atoms with Crippen LogP contribution in [0.1, 0.15) is 96.4 Å². The van der Waals surface area contributed by atoms with E-state index >= 15 is 0 Å². The number of benzene rings is 3. The van der Waals surface area contributed by atoms with Gasteiger partial charge in [-0.05, 0) is 95.5 Å². The fourth-order valence-corrected chi connectivity index (χ4v) is 5.43. The summed E-state index contributed by atoms with van der Waals surface area (Å²) >= 11 is 0. The zero-order valence-corrected chi connectivity index (χ0v) is 24.9. The molecule has 0 spiro atoms. The molecule has 1 N–H and O–H groups in total.